The van der Waals surface area contributed by atoms with Gasteiger partial charge in [-0.25, -0.2) is 0 Å². The van der Waals surface area contributed by atoms with Gasteiger partial charge >= 0.3 is 0 Å². The van der Waals surface area contributed by atoms with Crippen molar-refractivity contribution in [2.24, 2.45) is 0 Å². The zero-order chi connectivity index (χ0) is 17.9. The lowest BCUT2D eigenvalue weighted by atomic mass is 10.1. The Labute approximate surface area is 150 Å². The Morgan fingerprint density at radius 3 is 2.85 bits per heavy atom. The second-order valence-corrected chi connectivity index (χ2v) is 6.25. The number of benzene rings is 2. The highest BCUT2D eigenvalue weighted by Crippen LogP contribution is 2.28. The normalized spacial score (nSPS) is 16.4. The molecule has 6 heteroatoms. The molecule has 1 fully saturated rings. The van der Waals surface area contributed by atoms with E-state index in [9.17, 15) is 4.79 Å². The van der Waals surface area contributed by atoms with Crippen molar-refractivity contribution in [3.8, 4) is 17.5 Å². The molecule has 0 aliphatic carbocycles. The molecule has 1 atom stereocenters. The van der Waals surface area contributed by atoms with Crippen molar-refractivity contribution in [2.45, 2.75) is 12.3 Å². The largest absolute Gasteiger partial charge is 0.338 e. The average molecular weight is 344 g/mol. The Kier molecular flexibility index (Phi) is 4.20. The standard InChI is InChI=1S/C20H16N4O2/c21-12-14-5-4-8-16(11-14)20(25)24-10-9-17(13-24)18-22-19(26-23-18)15-6-2-1-3-7-15/h1-8,11,17H,9-10,13H2. The van der Waals surface area contributed by atoms with E-state index in [4.69, 9.17) is 9.78 Å². The van der Waals surface area contributed by atoms with Crippen LogP contribution in [0.5, 0.6) is 0 Å². The van der Waals surface area contributed by atoms with Crippen molar-refractivity contribution in [3.63, 3.8) is 0 Å². The number of likely N-dealkylation sites (tertiary alicyclic amines) is 1. The first kappa shape index (κ1) is 16.0. The maximum Gasteiger partial charge on any atom is 0.257 e. The fourth-order valence-corrected chi connectivity index (χ4v) is 3.16. The van der Waals surface area contributed by atoms with E-state index in [2.05, 4.69) is 16.2 Å². The van der Waals surface area contributed by atoms with Crippen LogP contribution >= 0.6 is 0 Å². The summed E-state index contributed by atoms with van der Waals surface area (Å²) in [6, 6.07) is 18.5. The summed E-state index contributed by atoms with van der Waals surface area (Å²) in [5.74, 6) is 1.10. The van der Waals surface area contributed by atoms with E-state index in [-0.39, 0.29) is 11.8 Å². The highest BCUT2D eigenvalue weighted by Gasteiger charge is 2.31. The molecular weight excluding hydrogens is 328 g/mol. The van der Waals surface area contributed by atoms with E-state index >= 15 is 0 Å². The second kappa shape index (κ2) is 6.81. The minimum atomic E-state index is -0.0728. The molecule has 2 heterocycles. The molecule has 26 heavy (non-hydrogen) atoms. The summed E-state index contributed by atoms with van der Waals surface area (Å²) in [5, 5.41) is 13.1. The predicted molar refractivity (Wildman–Crippen MR) is 94.2 cm³/mol. The Morgan fingerprint density at radius 1 is 1.19 bits per heavy atom. The molecule has 0 radical (unpaired) electrons. The third kappa shape index (κ3) is 3.07. The van der Waals surface area contributed by atoms with E-state index < -0.39 is 0 Å². The number of carbonyl (C=O) groups excluding carboxylic acids is 1. The van der Waals surface area contributed by atoms with E-state index in [1.165, 1.54) is 0 Å². The van der Waals surface area contributed by atoms with Crippen LogP contribution in [-0.2, 0) is 0 Å². The molecule has 4 rings (SSSR count). The van der Waals surface area contributed by atoms with Crippen LogP contribution in [0, 0.1) is 11.3 Å². The van der Waals surface area contributed by atoms with E-state index in [0.717, 1.165) is 12.0 Å². The third-order valence-corrected chi connectivity index (χ3v) is 4.54. The minimum absolute atomic E-state index is 0.0549. The molecule has 2 aromatic carbocycles. The third-order valence-electron chi connectivity index (χ3n) is 4.54. The van der Waals surface area contributed by atoms with Crippen LogP contribution in [0.1, 0.15) is 34.1 Å². The molecule has 3 aromatic rings. The molecule has 0 spiro atoms. The van der Waals surface area contributed by atoms with Crippen molar-refractivity contribution in [3.05, 3.63) is 71.5 Å². The number of hydrogen-bond donors (Lipinski definition) is 0. The van der Waals surface area contributed by atoms with Gasteiger partial charge in [0.2, 0.25) is 0 Å². The van der Waals surface area contributed by atoms with Crippen molar-refractivity contribution in [1.82, 2.24) is 15.0 Å². The molecule has 6 nitrogen and oxygen atoms in total. The first-order valence-corrected chi connectivity index (χ1v) is 8.43. The van der Waals surface area contributed by atoms with Gasteiger partial charge in [-0.05, 0) is 36.8 Å². The molecule has 128 valence electrons. The van der Waals surface area contributed by atoms with Gasteiger partial charge in [0.05, 0.1) is 11.6 Å². The molecule has 1 aromatic heterocycles. The van der Waals surface area contributed by atoms with Crippen LogP contribution in [0.15, 0.2) is 59.1 Å². The van der Waals surface area contributed by atoms with Crippen molar-refractivity contribution >= 4 is 5.91 Å². The van der Waals surface area contributed by atoms with E-state index in [1.54, 1.807) is 29.2 Å². The smallest absolute Gasteiger partial charge is 0.257 e. The number of rotatable bonds is 3. The van der Waals surface area contributed by atoms with Gasteiger partial charge in [0.15, 0.2) is 5.82 Å². The number of nitriles is 1. The average Bonchev–Trinajstić information content (AvgIpc) is 3.38. The Balaban J connectivity index is 1.48. The highest BCUT2D eigenvalue weighted by molar-refractivity contribution is 5.94. The van der Waals surface area contributed by atoms with Gasteiger partial charge in [-0.15, -0.1) is 0 Å². The van der Waals surface area contributed by atoms with Crippen molar-refractivity contribution < 1.29 is 9.32 Å². The lowest BCUT2D eigenvalue weighted by Gasteiger charge is -2.16. The monoisotopic (exact) mass is 344 g/mol. The highest BCUT2D eigenvalue weighted by atomic mass is 16.5. The molecule has 1 aliphatic rings. The predicted octanol–water partition coefficient (Wildman–Crippen LogP) is 3.24. The molecule has 0 bridgehead atoms. The quantitative estimate of drug-likeness (QED) is 0.728. The SMILES string of the molecule is N#Cc1cccc(C(=O)N2CCC(c3noc(-c4ccccc4)n3)C2)c1. The Hall–Kier alpha value is -3.46. The van der Waals surface area contributed by atoms with Gasteiger partial charge in [-0.2, -0.15) is 10.2 Å². The van der Waals surface area contributed by atoms with Crippen LogP contribution in [0.4, 0.5) is 0 Å². The van der Waals surface area contributed by atoms with Gasteiger partial charge in [0, 0.05) is 30.1 Å². The number of aromatic nitrogens is 2. The summed E-state index contributed by atoms with van der Waals surface area (Å²) < 4.78 is 5.37. The Morgan fingerprint density at radius 2 is 2.04 bits per heavy atom. The first-order chi connectivity index (χ1) is 12.7. The van der Waals surface area contributed by atoms with Crippen LogP contribution < -0.4 is 0 Å². The fraction of sp³-hybridized carbons (Fsp3) is 0.200. The summed E-state index contributed by atoms with van der Waals surface area (Å²) >= 11 is 0. The number of nitrogens with zero attached hydrogens (tertiary/aromatic N) is 4. The Bertz CT molecular complexity index is 975. The lowest BCUT2D eigenvalue weighted by molar-refractivity contribution is 0.0790. The van der Waals surface area contributed by atoms with Crippen LogP contribution in [0.3, 0.4) is 0 Å². The topological polar surface area (TPSA) is 83.0 Å². The fourth-order valence-electron chi connectivity index (χ4n) is 3.16. The summed E-state index contributed by atoms with van der Waals surface area (Å²) in [6.07, 6.45) is 0.789. The second-order valence-electron chi connectivity index (χ2n) is 6.25. The summed E-state index contributed by atoms with van der Waals surface area (Å²) in [6.45, 7) is 1.18. The number of carbonyl (C=O) groups is 1. The number of amides is 1. The van der Waals surface area contributed by atoms with Gasteiger partial charge in [0.25, 0.3) is 11.8 Å². The van der Waals surface area contributed by atoms with E-state index in [0.29, 0.717) is 35.9 Å². The summed E-state index contributed by atoms with van der Waals surface area (Å²) in [4.78, 5) is 18.9. The van der Waals surface area contributed by atoms with Crippen LogP contribution in [0.2, 0.25) is 0 Å². The van der Waals surface area contributed by atoms with Crippen LogP contribution in [-0.4, -0.2) is 34.0 Å². The zero-order valence-electron chi connectivity index (χ0n) is 14.0. The summed E-state index contributed by atoms with van der Waals surface area (Å²) in [7, 11) is 0. The van der Waals surface area contributed by atoms with Crippen LogP contribution in [0.25, 0.3) is 11.5 Å². The van der Waals surface area contributed by atoms with Gasteiger partial charge in [0.1, 0.15) is 0 Å². The molecular formula is C20H16N4O2. The molecule has 1 aliphatic heterocycles. The molecule has 1 unspecified atom stereocenters. The molecule has 1 amide bonds. The van der Waals surface area contributed by atoms with Gasteiger partial charge in [-0.3, -0.25) is 4.79 Å². The maximum absolute atomic E-state index is 12.7. The van der Waals surface area contributed by atoms with E-state index in [1.807, 2.05) is 30.3 Å². The maximum atomic E-state index is 12.7. The van der Waals surface area contributed by atoms with Crippen molar-refractivity contribution in [2.75, 3.05) is 13.1 Å². The molecule has 0 saturated carbocycles. The van der Waals surface area contributed by atoms with Gasteiger partial charge in [-0.1, -0.05) is 29.4 Å². The zero-order valence-corrected chi connectivity index (χ0v) is 14.0. The molecule has 0 N–H and O–H groups in total. The van der Waals surface area contributed by atoms with Gasteiger partial charge < -0.3 is 9.42 Å². The number of hydrogen-bond acceptors (Lipinski definition) is 5. The van der Waals surface area contributed by atoms with Crippen molar-refractivity contribution in [1.29, 1.82) is 5.26 Å². The summed E-state index contributed by atoms with van der Waals surface area (Å²) in [5.41, 5.74) is 1.89. The lowest BCUT2D eigenvalue weighted by Crippen LogP contribution is -2.28. The minimum Gasteiger partial charge on any atom is -0.338 e. The molecule has 1 saturated heterocycles. The first-order valence-electron chi connectivity index (χ1n) is 8.43.